The van der Waals surface area contributed by atoms with Gasteiger partial charge in [-0.25, -0.2) is 4.39 Å². The summed E-state index contributed by atoms with van der Waals surface area (Å²) >= 11 is 0. The predicted octanol–water partition coefficient (Wildman–Crippen LogP) is 4.42. The topological polar surface area (TPSA) is 70.2 Å². The van der Waals surface area contributed by atoms with Gasteiger partial charge in [-0.2, -0.15) is 0 Å². The molecule has 0 heterocycles. The molecule has 6 heteroatoms. The summed E-state index contributed by atoms with van der Waals surface area (Å²) in [6.07, 6.45) is 0.426. The van der Waals surface area contributed by atoms with Gasteiger partial charge >= 0.3 is 5.97 Å². The van der Waals surface area contributed by atoms with Gasteiger partial charge in [0, 0.05) is 5.69 Å². The van der Waals surface area contributed by atoms with Crippen molar-refractivity contribution in [2.45, 2.75) is 19.8 Å². The highest BCUT2D eigenvalue weighted by molar-refractivity contribution is 5.73. The second kappa shape index (κ2) is 8.03. The van der Waals surface area contributed by atoms with Gasteiger partial charge in [-0.1, -0.05) is 0 Å². The average Bonchev–Trinajstić information content (AvgIpc) is 2.55. The van der Waals surface area contributed by atoms with Gasteiger partial charge in [-0.3, -0.25) is 4.79 Å². The van der Waals surface area contributed by atoms with Gasteiger partial charge in [0.05, 0.1) is 13.0 Å². The summed E-state index contributed by atoms with van der Waals surface area (Å²) in [5.41, 5.74) is 10.1. The van der Waals surface area contributed by atoms with Crippen LogP contribution in [-0.4, -0.2) is 12.6 Å². The highest BCUT2D eigenvalue weighted by Crippen LogP contribution is 2.26. The highest BCUT2D eigenvalue weighted by Gasteiger charge is 2.09. The Balaban J connectivity index is 1.98. The zero-order valence-electron chi connectivity index (χ0n) is 12.7. The SMILES string of the molecule is CCOc1ccc(N=[N-])c(CCC(=O)Oc2ccc(F)cc2)c1. The Kier molecular flexibility index (Phi) is 5.80. The van der Waals surface area contributed by atoms with E-state index in [0.717, 1.165) is 0 Å². The van der Waals surface area contributed by atoms with Crippen molar-refractivity contribution in [2.24, 2.45) is 5.11 Å². The number of benzene rings is 2. The number of carbonyl (C=O) groups excluding carboxylic acids is 1. The molecule has 23 heavy (non-hydrogen) atoms. The van der Waals surface area contributed by atoms with Gasteiger partial charge in [-0.05, 0) is 61.4 Å². The van der Waals surface area contributed by atoms with Crippen molar-refractivity contribution in [3.63, 3.8) is 0 Å². The second-order valence-electron chi connectivity index (χ2n) is 4.75. The molecular formula is C17H16FN2O3-. The van der Waals surface area contributed by atoms with Crippen LogP contribution in [0.1, 0.15) is 18.9 Å². The van der Waals surface area contributed by atoms with E-state index in [1.54, 1.807) is 18.2 Å². The first-order chi connectivity index (χ1) is 11.1. The number of hydrogen-bond donors (Lipinski definition) is 0. The van der Waals surface area contributed by atoms with Gasteiger partial charge in [0.25, 0.3) is 0 Å². The minimum Gasteiger partial charge on any atom is -0.706 e. The molecule has 120 valence electrons. The molecular weight excluding hydrogens is 299 g/mol. The number of esters is 1. The average molecular weight is 315 g/mol. The molecule has 0 spiro atoms. The zero-order chi connectivity index (χ0) is 16.7. The number of rotatable bonds is 7. The van der Waals surface area contributed by atoms with E-state index in [1.807, 2.05) is 6.92 Å². The van der Waals surface area contributed by atoms with E-state index in [1.165, 1.54) is 24.3 Å². The summed E-state index contributed by atoms with van der Waals surface area (Å²) in [5, 5.41) is 3.19. The van der Waals surface area contributed by atoms with Gasteiger partial charge in [0.1, 0.15) is 17.3 Å². The predicted molar refractivity (Wildman–Crippen MR) is 83.4 cm³/mol. The van der Waals surface area contributed by atoms with Crippen LogP contribution < -0.4 is 9.47 Å². The maximum absolute atomic E-state index is 12.8. The van der Waals surface area contributed by atoms with Crippen molar-refractivity contribution >= 4 is 11.7 Å². The first-order valence-electron chi connectivity index (χ1n) is 7.19. The van der Waals surface area contributed by atoms with Crippen molar-refractivity contribution in [2.75, 3.05) is 6.61 Å². The van der Waals surface area contributed by atoms with Gasteiger partial charge in [-0.15, -0.1) is 0 Å². The van der Waals surface area contributed by atoms with Crippen LogP contribution in [-0.2, 0) is 11.2 Å². The maximum atomic E-state index is 12.8. The fraction of sp³-hybridized carbons (Fsp3) is 0.235. The van der Waals surface area contributed by atoms with E-state index < -0.39 is 11.8 Å². The molecule has 2 rings (SSSR count). The van der Waals surface area contributed by atoms with Crippen LogP contribution in [0.25, 0.3) is 5.53 Å². The molecule has 0 fully saturated rings. The molecule has 0 N–H and O–H groups in total. The van der Waals surface area contributed by atoms with Gasteiger partial charge in [0.2, 0.25) is 0 Å². The number of halogens is 1. The quantitative estimate of drug-likeness (QED) is 0.431. The molecule has 0 atom stereocenters. The molecule has 0 amide bonds. The Morgan fingerprint density at radius 1 is 1.17 bits per heavy atom. The molecule has 0 aliphatic carbocycles. The zero-order valence-corrected chi connectivity index (χ0v) is 12.7. The third kappa shape index (κ3) is 4.88. The smallest absolute Gasteiger partial charge is 0.311 e. The van der Waals surface area contributed by atoms with Crippen LogP contribution in [0.3, 0.4) is 0 Å². The number of carbonyl (C=O) groups is 1. The minimum atomic E-state index is -0.456. The Hall–Kier alpha value is -2.76. The molecule has 5 nitrogen and oxygen atoms in total. The summed E-state index contributed by atoms with van der Waals surface area (Å²) in [7, 11) is 0. The van der Waals surface area contributed by atoms with E-state index in [-0.39, 0.29) is 12.2 Å². The van der Waals surface area contributed by atoms with E-state index in [0.29, 0.717) is 30.0 Å². The van der Waals surface area contributed by atoms with Crippen molar-refractivity contribution in [3.8, 4) is 11.5 Å². The molecule has 0 aromatic heterocycles. The monoisotopic (exact) mass is 315 g/mol. The number of nitrogens with zero attached hydrogens (tertiary/aromatic N) is 2. The van der Waals surface area contributed by atoms with E-state index in [4.69, 9.17) is 15.0 Å². The molecule has 0 unspecified atom stereocenters. The molecule has 0 saturated heterocycles. The molecule has 2 aromatic carbocycles. The lowest BCUT2D eigenvalue weighted by atomic mass is 10.1. The van der Waals surface area contributed by atoms with Crippen LogP contribution in [0.4, 0.5) is 10.1 Å². The molecule has 0 aliphatic rings. The van der Waals surface area contributed by atoms with Crippen molar-refractivity contribution in [3.05, 3.63) is 59.4 Å². The summed E-state index contributed by atoms with van der Waals surface area (Å²) < 4.78 is 23.3. The largest absolute Gasteiger partial charge is 0.706 e. The minimum absolute atomic E-state index is 0.0927. The van der Waals surface area contributed by atoms with E-state index in [2.05, 4.69) is 5.11 Å². The van der Waals surface area contributed by atoms with Crippen LogP contribution in [0.5, 0.6) is 11.5 Å². The molecule has 0 bridgehead atoms. The standard InChI is InChI=1S/C17H16FN2O3/c1-2-22-15-8-9-16(20-19)12(11-15)3-10-17(21)23-14-6-4-13(18)5-7-14/h4-9,11H,2-3,10H2,1H3/q-1. The van der Waals surface area contributed by atoms with Gasteiger partial charge in [0.15, 0.2) is 0 Å². The molecule has 0 aliphatic heterocycles. The second-order valence-corrected chi connectivity index (χ2v) is 4.75. The third-order valence-corrected chi connectivity index (χ3v) is 3.11. The third-order valence-electron chi connectivity index (χ3n) is 3.11. The fourth-order valence-electron chi connectivity index (χ4n) is 2.04. The lowest BCUT2D eigenvalue weighted by Crippen LogP contribution is -2.09. The van der Waals surface area contributed by atoms with Crippen LogP contribution in [0.2, 0.25) is 0 Å². The Bertz CT molecular complexity index is 687. The van der Waals surface area contributed by atoms with Crippen LogP contribution in [0, 0.1) is 5.82 Å². The first kappa shape index (κ1) is 16.6. The molecule has 2 aromatic rings. The Morgan fingerprint density at radius 2 is 1.87 bits per heavy atom. The van der Waals surface area contributed by atoms with E-state index in [9.17, 15) is 9.18 Å². The number of hydrogen-bond acceptors (Lipinski definition) is 4. The molecule has 0 radical (unpaired) electrons. The lowest BCUT2D eigenvalue weighted by Gasteiger charge is -2.11. The Labute approximate surface area is 133 Å². The number of aryl methyl sites for hydroxylation is 1. The van der Waals surface area contributed by atoms with Crippen molar-refractivity contribution < 1.29 is 18.7 Å². The van der Waals surface area contributed by atoms with E-state index >= 15 is 0 Å². The maximum Gasteiger partial charge on any atom is 0.311 e. The fourth-order valence-corrected chi connectivity index (χ4v) is 2.04. The number of ether oxygens (including phenoxy) is 2. The normalized spacial score (nSPS) is 10.2. The molecule has 0 saturated carbocycles. The summed E-state index contributed by atoms with van der Waals surface area (Å²) in [4.78, 5) is 11.8. The van der Waals surface area contributed by atoms with Crippen molar-refractivity contribution in [1.29, 1.82) is 0 Å². The summed E-state index contributed by atoms with van der Waals surface area (Å²) in [6.45, 7) is 2.38. The summed E-state index contributed by atoms with van der Waals surface area (Å²) in [5.74, 6) is 0.0717. The first-order valence-corrected chi connectivity index (χ1v) is 7.19. The van der Waals surface area contributed by atoms with Crippen LogP contribution >= 0.6 is 0 Å². The highest BCUT2D eigenvalue weighted by atomic mass is 19.1. The Morgan fingerprint density at radius 3 is 2.52 bits per heavy atom. The van der Waals surface area contributed by atoms with Crippen molar-refractivity contribution in [1.82, 2.24) is 0 Å². The summed E-state index contributed by atoms with van der Waals surface area (Å²) in [6, 6.07) is 10.2. The lowest BCUT2D eigenvalue weighted by molar-refractivity contribution is -0.134. The van der Waals surface area contributed by atoms with Gasteiger partial charge < -0.3 is 20.1 Å². The van der Waals surface area contributed by atoms with Crippen LogP contribution in [0.15, 0.2) is 47.6 Å².